The summed E-state index contributed by atoms with van der Waals surface area (Å²) in [7, 11) is 0. The molecule has 0 spiro atoms. The van der Waals surface area contributed by atoms with Crippen LogP contribution in [-0.4, -0.2) is 23.1 Å². The normalized spacial score (nSPS) is 47.5. The summed E-state index contributed by atoms with van der Waals surface area (Å²) in [5, 5.41) is 0. The number of allylic oxidation sites excluding steroid dienone is 1. The van der Waals surface area contributed by atoms with E-state index in [0.717, 1.165) is 25.7 Å². The Morgan fingerprint density at radius 3 is 2.46 bits per heavy atom. The Morgan fingerprint density at radius 2 is 1.82 bits per heavy atom. The zero-order chi connectivity index (χ0) is 20.4. The molecule has 0 unspecified atom stereocenters. The lowest BCUT2D eigenvalue weighted by atomic mass is 9.48. The van der Waals surface area contributed by atoms with Crippen molar-refractivity contribution >= 4 is 17.5 Å². The van der Waals surface area contributed by atoms with Crippen LogP contribution in [0.4, 0.5) is 0 Å². The Kier molecular flexibility index (Phi) is 4.63. The van der Waals surface area contributed by atoms with Crippen LogP contribution in [-0.2, 0) is 19.1 Å². The molecule has 4 rings (SSSR count). The zero-order valence-electron chi connectivity index (χ0n) is 17.9. The standard InChI is InChI=1S/C24H34O4/c1-13-11-20-18(22-14(2)10-17(27)12-19(13)22)6-8-23(5)21(20)7-9-24(23,15(3)25)28-16(4)26/h12-14,18,20-22H,6-11H2,1-5H3/t13-,14+,18-,20+,21-,22+,23-,24-/m0/s1. The molecule has 8 atom stereocenters. The number of fused-ring (bicyclic) bond motifs is 5. The Bertz CT molecular complexity index is 752. The van der Waals surface area contributed by atoms with E-state index < -0.39 is 5.60 Å². The molecule has 0 saturated heterocycles. The van der Waals surface area contributed by atoms with Crippen LogP contribution < -0.4 is 0 Å². The third-order valence-corrected chi connectivity index (χ3v) is 9.00. The van der Waals surface area contributed by atoms with E-state index in [9.17, 15) is 14.4 Å². The summed E-state index contributed by atoms with van der Waals surface area (Å²) < 4.78 is 5.84. The zero-order valence-corrected chi connectivity index (χ0v) is 17.9. The molecular weight excluding hydrogens is 352 g/mol. The Hall–Kier alpha value is -1.45. The summed E-state index contributed by atoms with van der Waals surface area (Å²) >= 11 is 0. The van der Waals surface area contributed by atoms with E-state index in [1.807, 2.05) is 6.08 Å². The van der Waals surface area contributed by atoms with Crippen molar-refractivity contribution in [1.82, 2.24) is 0 Å². The molecule has 0 aromatic carbocycles. The van der Waals surface area contributed by atoms with Crippen molar-refractivity contribution in [3.05, 3.63) is 11.6 Å². The topological polar surface area (TPSA) is 60.4 Å². The summed E-state index contributed by atoms with van der Waals surface area (Å²) in [6, 6.07) is 0. The third kappa shape index (κ3) is 2.59. The highest BCUT2D eigenvalue weighted by molar-refractivity contribution is 5.92. The molecule has 4 heteroatoms. The first-order chi connectivity index (χ1) is 13.1. The average molecular weight is 387 g/mol. The SMILES string of the molecule is CC(=O)O[C@]1(C(C)=O)CC[C@H]2[C@@H]3C[C@H](C)C4=CC(=O)C[C@@H](C)[C@@H]4[C@H]3CC[C@@]21C. The number of hydrogen-bond donors (Lipinski definition) is 0. The van der Waals surface area contributed by atoms with Crippen LogP contribution in [0.1, 0.15) is 73.1 Å². The fourth-order valence-electron chi connectivity index (χ4n) is 7.96. The first-order valence-corrected chi connectivity index (χ1v) is 11.1. The van der Waals surface area contributed by atoms with Crippen molar-refractivity contribution in [1.29, 1.82) is 0 Å². The molecule has 0 aromatic heterocycles. The predicted octanol–water partition coefficient (Wildman–Crippen LogP) is 4.51. The predicted molar refractivity (Wildman–Crippen MR) is 106 cm³/mol. The molecule has 0 aromatic rings. The number of esters is 1. The van der Waals surface area contributed by atoms with E-state index in [1.54, 1.807) is 6.92 Å². The van der Waals surface area contributed by atoms with Gasteiger partial charge < -0.3 is 4.74 Å². The van der Waals surface area contributed by atoms with Gasteiger partial charge in [-0.15, -0.1) is 0 Å². The molecule has 3 saturated carbocycles. The lowest BCUT2D eigenvalue weighted by Crippen LogP contribution is -2.58. The second-order valence-electron chi connectivity index (χ2n) is 10.4. The highest BCUT2D eigenvalue weighted by Gasteiger charge is 2.67. The van der Waals surface area contributed by atoms with Gasteiger partial charge in [0.1, 0.15) is 0 Å². The van der Waals surface area contributed by atoms with Gasteiger partial charge in [-0.05, 0) is 80.6 Å². The molecule has 154 valence electrons. The molecule has 0 N–H and O–H groups in total. The Labute approximate surface area is 168 Å². The second kappa shape index (κ2) is 6.53. The minimum atomic E-state index is -0.956. The molecule has 4 aliphatic carbocycles. The smallest absolute Gasteiger partial charge is 0.303 e. The first kappa shape index (κ1) is 19.8. The summed E-state index contributed by atoms with van der Waals surface area (Å²) in [6.45, 7) is 9.74. The lowest BCUT2D eigenvalue weighted by Gasteiger charge is -2.57. The minimum absolute atomic E-state index is 0.00669. The molecular formula is C24H34O4. The van der Waals surface area contributed by atoms with E-state index in [4.69, 9.17) is 4.74 Å². The van der Waals surface area contributed by atoms with Crippen LogP contribution >= 0.6 is 0 Å². The maximum absolute atomic E-state index is 12.8. The van der Waals surface area contributed by atoms with Gasteiger partial charge in [-0.2, -0.15) is 0 Å². The summed E-state index contributed by atoms with van der Waals surface area (Å²) in [4.78, 5) is 36.9. The molecule has 4 nitrogen and oxygen atoms in total. The maximum Gasteiger partial charge on any atom is 0.303 e. The van der Waals surface area contributed by atoms with Crippen molar-refractivity contribution in [3.8, 4) is 0 Å². The van der Waals surface area contributed by atoms with Gasteiger partial charge >= 0.3 is 5.97 Å². The molecule has 3 fully saturated rings. The summed E-state index contributed by atoms with van der Waals surface area (Å²) in [6.07, 6.45) is 7.29. The largest absolute Gasteiger partial charge is 0.451 e. The van der Waals surface area contributed by atoms with Crippen molar-refractivity contribution < 1.29 is 19.1 Å². The summed E-state index contributed by atoms with van der Waals surface area (Å²) in [5.74, 6) is 2.80. The fourth-order valence-corrected chi connectivity index (χ4v) is 7.96. The van der Waals surface area contributed by atoms with Gasteiger partial charge in [0, 0.05) is 18.8 Å². The van der Waals surface area contributed by atoms with Gasteiger partial charge in [-0.3, -0.25) is 14.4 Å². The molecule has 28 heavy (non-hydrogen) atoms. The van der Waals surface area contributed by atoms with Crippen LogP contribution in [0.3, 0.4) is 0 Å². The average Bonchev–Trinajstić information content (AvgIpc) is 2.88. The van der Waals surface area contributed by atoms with Crippen molar-refractivity contribution in [3.63, 3.8) is 0 Å². The van der Waals surface area contributed by atoms with E-state index in [0.29, 0.717) is 48.3 Å². The van der Waals surface area contributed by atoms with Crippen LogP contribution in [0.2, 0.25) is 0 Å². The maximum atomic E-state index is 12.8. The van der Waals surface area contributed by atoms with Gasteiger partial charge in [-0.1, -0.05) is 26.3 Å². The van der Waals surface area contributed by atoms with Gasteiger partial charge in [0.2, 0.25) is 0 Å². The number of Topliss-reactive ketones (excluding diaryl/α,β-unsaturated/α-hetero) is 1. The Balaban J connectivity index is 1.71. The lowest BCUT2D eigenvalue weighted by molar-refractivity contribution is -0.186. The van der Waals surface area contributed by atoms with Crippen molar-refractivity contribution in [2.45, 2.75) is 78.7 Å². The van der Waals surface area contributed by atoms with Crippen LogP contribution in [0.15, 0.2) is 11.6 Å². The molecule has 0 radical (unpaired) electrons. The van der Waals surface area contributed by atoms with E-state index in [2.05, 4.69) is 20.8 Å². The molecule has 0 aliphatic heterocycles. The van der Waals surface area contributed by atoms with Gasteiger partial charge in [0.05, 0.1) is 0 Å². The second-order valence-corrected chi connectivity index (χ2v) is 10.4. The molecule has 0 amide bonds. The van der Waals surface area contributed by atoms with Gasteiger partial charge in [-0.25, -0.2) is 0 Å². The van der Waals surface area contributed by atoms with Crippen molar-refractivity contribution in [2.24, 2.45) is 40.9 Å². The number of carbonyl (C=O) groups excluding carboxylic acids is 3. The quantitative estimate of drug-likeness (QED) is 0.655. The number of carbonyl (C=O) groups is 3. The molecule has 0 heterocycles. The number of ketones is 2. The van der Waals surface area contributed by atoms with E-state index in [-0.39, 0.29) is 23.0 Å². The first-order valence-electron chi connectivity index (χ1n) is 11.1. The van der Waals surface area contributed by atoms with Crippen LogP contribution in [0.25, 0.3) is 0 Å². The van der Waals surface area contributed by atoms with Gasteiger partial charge in [0.25, 0.3) is 0 Å². The third-order valence-electron chi connectivity index (χ3n) is 9.00. The highest BCUT2D eigenvalue weighted by atomic mass is 16.6. The van der Waals surface area contributed by atoms with Gasteiger partial charge in [0.15, 0.2) is 17.2 Å². The minimum Gasteiger partial charge on any atom is -0.451 e. The van der Waals surface area contributed by atoms with Crippen molar-refractivity contribution in [2.75, 3.05) is 0 Å². The highest BCUT2D eigenvalue weighted by Crippen LogP contribution is 2.67. The fraction of sp³-hybridized carbons (Fsp3) is 0.792. The molecule has 4 aliphatic rings. The van der Waals surface area contributed by atoms with E-state index in [1.165, 1.54) is 12.5 Å². The van der Waals surface area contributed by atoms with Crippen LogP contribution in [0, 0.1) is 40.9 Å². The Morgan fingerprint density at radius 1 is 1.11 bits per heavy atom. The van der Waals surface area contributed by atoms with Crippen LogP contribution in [0.5, 0.6) is 0 Å². The molecule has 0 bridgehead atoms. The summed E-state index contributed by atoms with van der Waals surface area (Å²) in [5.41, 5.74) is 0.145. The number of hydrogen-bond acceptors (Lipinski definition) is 4. The monoisotopic (exact) mass is 386 g/mol. The number of rotatable bonds is 2. The van der Waals surface area contributed by atoms with E-state index >= 15 is 0 Å². The number of ether oxygens (including phenoxy) is 1.